The smallest absolute Gasteiger partial charge is 0.179 e. The van der Waals surface area contributed by atoms with Gasteiger partial charge in [0.1, 0.15) is 0 Å². The second-order valence-corrected chi connectivity index (χ2v) is 6.83. The lowest BCUT2D eigenvalue weighted by Gasteiger charge is -2.10. The van der Waals surface area contributed by atoms with E-state index >= 15 is 0 Å². The standard InChI is InChI=1S/C13H16O3S/c1-9(2)10-5-6-13-11(8-10)12(14)4-3-7-17(13,15)16/h5-6,8-9H,3-4,7H2,1-2H3. The highest BCUT2D eigenvalue weighted by Gasteiger charge is 2.26. The Balaban J connectivity index is 2.66. The summed E-state index contributed by atoms with van der Waals surface area (Å²) >= 11 is 0. The molecule has 0 atom stereocenters. The van der Waals surface area contributed by atoms with Crippen LogP contribution < -0.4 is 0 Å². The van der Waals surface area contributed by atoms with E-state index in [-0.39, 0.29) is 16.4 Å². The molecule has 0 bridgehead atoms. The maximum Gasteiger partial charge on any atom is 0.179 e. The first-order valence-corrected chi connectivity index (χ1v) is 7.47. The molecular formula is C13H16O3S. The summed E-state index contributed by atoms with van der Waals surface area (Å²) in [5.41, 5.74) is 1.39. The lowest BCUT2D eigenvalue weighted by Crippen LogP contribution is -2.08. The molecule has 1 aliphatic heterocycles. The van der Waals surface area contributed by atoms with Gasteiger partial charge < -0.3 is 0 Å². The van der Waals surface area contributed by atoms with Gasteiger partial charge in [-0.2, -0.15) is 0 Å². The molecule has 1 aliphatic rings. The van der Waals surface area contributed by atoms with E-state index in [2.05, 4.69) is 0 Å². The van der Waals surface area contributed by atoms with Crippen molar-refractivity contribution in [3.05, 3.63) is 29.3 Å². The van der Waals surface area contributed by atoms with Crippen molar-refractivity contribution in [3.8, 4) is 0 Å². The Morgan fingerprint density at radius 1 is 1.24 bits per heavy atom. The normalized spacial score (nSPS) is 18.9. The second-order valence-electron chi connectivity index (χ2n) is 4.76. The van der Waals surface area contributed by atoms with E-state index in [9.17, 15) is 13.2 Å². The summed E-state index contributed by atoms with van der Waals surface area (Å²) in [5.74, 6) is 0.315. The average molecular weight is 252 g/mol. The van der Waals surface area contributed by atoms with Crippen LogP contribution in [-0.2, 0) is 9.84 Å². The van der Waals surface area contributed by atoms with Gasteiger partial charge in [-0.3, -0.25) is 4.79 Å². The van der Waals surface area contributed by atoms with Crippen LogP contribution in [0.2, 0.25) is 0 Å². The second kappa shape index (κ2) is 4.26. The summed E-state index contributed by atoms with van der Waals surface area (Å²) in [4.78, 5) is 12.1. The maximum atomic E-state index is 12.0. The summed E-state index contributed by atoms with van der Waals surface area (Å²) in [7, 11) is -3.27. The molecule has 1 aromatic carbocycles. The van der Waals surface area contributed by atoms with Gasteiger partial charge in [0, 0.05) is 12.0 Å². The molecule has 0 fully saturated rings. The number of fused-ring (bicyclic) bond motifs is 1. The van der Waals surface area contributed by atoms with E-state index in [0.717, 1.165) is 5.56 Å². The number of benzene rings is 1. The van der Waals surface area contributed by atoms with E-state index in [0.29, 0.717) is 24.3 Å². The number of rotatable bonds is 1. The van der Waals surface area contributed by atoms with Crippen molar-refractivity contribution in [2.24, 2.45) is 0 Å². The predicted molar refractivity (Wildman–Crippen MR) is 66.1 cm³/mol. The molecule has 0 N–H and O–H groups in total. The molecule has 0 spiro atoms. The molecule has 17 heavy (non-hydrogen) atoms. The van der Waals surface area contributed by atoms with Crippen LogP contribution in [0.1, 0.15) is 48.5 Å². The lowest BCUT2D eigenvalue weighted by atomic mass is 9.98. The van der Waals surface area contributed by atoms with Crippen LogP contribution in [-0.4, -0.2) is 20.0 Å². The molecule has 0 amide bonds. The Kier molecular flexibility index (Phi) is 3.08. The summed E-state index contributed by atoms with van der Waals surface area (Å²) in [6.45, 7) is 4.05. The molecule has 0 saturated carbocycles. The number of carbonyl (C=O) groups excluding carboxylic acids is 1. The zero-order valence-electron chi connectivity index (χ0n) is 10.1. The summed E-state index contributed by atoms with van der Waals surface area (Å²) in [5, 5.41) is 0. The summed E-state index contributed by atoms with van der Waals surface area (Å²) in [6, 6.07) is 5.13. The van der Waals surface area contributed by atoms with Crippen molar-refractivity contribution >= 4 is 15.6 Å². The van der Waals surface area contributed by atoms with Crippen molar-refractivity contribution in [2.45, 2.75) is 37.5 Å². The lowest BCUT2D eigenvalue weighted by molar-refractivity contribution is 0.0980. The molecule has 1 heterocycles. The fraction of sp³-hybridized carbons (Fsp3) is 0.462. The molecular weight excluding hydrogens is 236 g/mol. The van der Waals surface area contributed by atoms with Crippen LogP contribution >= 0.6 is 0 Å². The Morgan fingerprint density at radius 3 is 2.59 bits per heavy atom. The Labute approximate surface area is 102 Å². The quantitative estimate of drug-likeness (QED) is 0.771. The van der Waals surface area contributed by atoms with Gasteiger partial charge in [-0.25, -0.2) is 8.42 Å². The van der Waals surface area contributed by atoms with Gasteiger partial charge in [-0.1, -0.05) is 19.9 Å². The number of carbonyl (C=O) groups is 1. The summed E-state index contributed by atoms with van der Waals surface area (Å²) < 4.78 is 23.9. The van der Waals surface area contributed by atoms with Crippen LogP contribution in [0.5, 0.6) is 0 Å². The minimum absolute atomic E-state index is 0.0522. The SMILES string of the molecule is CC(C)c1ccc2c(c1)C(=O)CCCS2(=O)=O. The van der Waals surface area contributed by atoms with E-state index in [1.165, 1.54) is 0 Å². The topological polar surface area (TPSA) is 51.2 Å². The van der Waals surface area contributed by atoms with Gasteiger partial charge in [-0.15, -0.1) is 0 Å². The first-order chi connectivity index (χ1) is 7.92. The van der Waals surface area contributed by atoms with Crippen LogP contribution in [0.3, 0.4) is 0 Å². The van der Waals surface area contributed by atoms with Gasteiger partial charge in [0.25, 0.3) is 0 Å². The van der Waals surface area contributed by atoms with Gasteiger partial charge in [0.15, 0.2) is 15.6 Å². The zero-order valence-corrected chi connectivity index (χ0v) is 10.9. The van der Waals surface area contributed by atoms with E-state index in [4.69, 9.17) is 0 Å². The molecule has 92 valence electrons. The largest absolute Gasteiger partial charge is 0.294 e. The Bertz CT molecular complexity index is 556. The number of ketones is 1. The molecule has 0 aromatic heterocycles. The van der Waals surface area contributed by atoms with E-state index in [1.807, 2.05) is 13.8 Å². The summed E-state index contributed by atoms with van der Waals surface area (Å²) in [6.07, 6.45) is 0.751. The molecule has 0 unspecified atom stereocenters. The van der Waals surface area contributed by atoms with E-state index < -0.39 is 9.84 Å². The third-order valence-corrected chi connectivity index (χ3v) is 4.97. The average Bonchev–Trinajstić information content (AvgIpc) is 2.37. The Morgan fingerprint density at radius 2 is 1.94 bits per heavy atom. The monoisotopic (exact) mass is 252 g/mol. The number of hydrogen-bond donors (Lipinski definition) is 0. The molecule has 0 aliphatic carbocycles. The highest BCUT2D eigenvalue weighted by molar-refractivity contribution is 7.91. The highest BCUT2D eigenvalue weighted by Crippen LogP contribution is 2.27. The van der Waals surface area contributed by atoms with E-state index in [1.54, 1.807) is 18.2 Å². The molecule has 0 radical (unpaired) electrons. The highest BCUT2D eigenvalue weighted by atomic mass is 32.2. The first kappa shape index (κ1) is 12.3. The van der Waals surface area contributed by atoms with Gasteiger partial charge in [0.2, 0.25) is 0 Å². The third kappa shape index (κ3) is 2.27. The molecule has 3 nitrogen and oxygen atoms in total. The van der Waals surface area contributed by atoms with Crippen LogP contribution in [0.25, 0.3) is 0 Å². The van der Waals surface area contributed by atoms with Crippen molar-refractivity contribution in [2.75, 3.05) is 5.75 Å². The van der Waals surface area contributed by atoms with Gasteiger partial charge in [0.05, 0.1) is 10.6 Å². The minimum Gasteiger partial charge on any atom is -0.294 e. The number of sulfone groups is 1. The number of hydrogen-bond acceptors (Lipinski definition) is 3. The van der Waals surface area contributed by atoms with Gasteiger partial charge >= 0.3 is 0 Å². The molecule has 2 rings (SSSR count). The van der Waals surface area contributed by atoms with Crippen molar-refractivity contribution in [3.63, 3.8) is 0 Å². The van der Waals surface area contributed by atoms with Crippen LogP contribution in [0.15, 0.2) is 23.1 Å². The van der Waals surface area contributed by atoms with Gasteiger partial charge in [-0.05, 0) is 30.0 Å². The van der Waals surface area contributed by atoms with Crippen molar-refractivity contribution in [1.29, 1.82) is 0 Å². The van der Waals surface area contributed by atoms with Crippen LogP contribution in [0, 0.1) is 0 Å². The Hall–Kier alpha value is -1.16. The van der Waals surface area contributed by atoms with Crippen molar-refractivity contribution in [1.82, 2.24) is 0 Å². The predicted octanol–water partition coefficient (Wildman–Crippen LogP) is 2.56. The molecule has 4 heteroatoms. The first-order valence-electron chi connectivity index (χ1n) is 5.82. The zero-order chi connectivity index (χ0) is 12.6. The number of Topliss-reactive ketones (excluding diaryl/α,β-unsaturated/α-hetero) is 1. The van der Waals surface area contributed by atoms with Crippen molar-refractivity contribution < 1.29 is 13.2 Å². The maximum absolute atomic E-state index is 12.0. The molecule has 1 aromatic rings. The fourth-order valence-electron chi connectivity index (χ4n) is 2.06. The third-order valence-electron chi connectivity index (χ3n) is 3.12. The van der Waals surface area contributed by atoms with Crippen LogP contribution in [0.4, 0.5) is 0 Å². The molecule has 0 saturated heterocycles. The fourth-order valence-corrected chi connectivity index (χ4v) is 3.59. The minimum atomic E-state index is -3.27.